The van der Waals surface area contributed by atoms with E-state index < -0.39 is 27.6 Å². The van der Waals surface area contributed by atoms with Gasteiger partial charge in [-0.2, -0.15) is 18.4 Å². The summed E-state index contributed by atoms with van der Waals surface area (Å²) in [5.74, 6) is -2.43. The largest absolute Gasteiger partial charge is 0.490 e. The van der Waals surface area contributed by atoms with Crippen molar-refractivity contribution in [1.29, 1.82) is 5.26 Å². The summed E-state index contributed by atoms with van der Waals surface area (Å²) in [7, 11) is -3.18. The number of anilines is 1. The van der Waals surface area contributed by atoms with E-state index in [2.05, 4.69) is 10.3 Å². The van der Waals surface area contributed by atoms with Crippen LogP contribution in [0.25, 0.3) is 0 Å². The molecule has 1 spiro atoms. The van der Waals surface area contributed by atoms with Crippen LogP contribution in [-0.4, -0.2) is 98.0 Å². The van der Waals surface area contributed by atoms with Crippen molar-refractivity contribution in [1.82, 2.24) is 9.88 Å². The van der Waals surface area contributed by atoms with Gasteiger partial charge in [0.2, 0.25) is 5.91 Å². The van der Waals surface area contributed by atoms with Crippen molar-refractivity contribution in [3.63, 3.8) is 0 Å². The molecule has 2 saturated heterocycles. The van der Waals surface area contributed by atoms with Crippen LogP contribution in [0.4, 0.5) is 19.0 Å². The fraction of sp³-hybridized carbons (Fsp3) is 0.619. The number of carboxylic acids is 1. The van der Waals surface area contributed by atoms with Crippen molar-refractivity contribution < 1.29 is 45.8 Å². The third-order valence-electron chi connectivity index (χ3n) is 5.37. The third-order valence-corrected chi connectivity index (χ3v) is 6.32. The van der Waals surface area contributed by atoms with Crippen molar-refractivity contribution in [3.8, 4) is 6.07 Å². The second-order valence-corrected chi connectivity index (χ2v) is 10.7. The summed E-state index contributed by atoms with van der Waals surface area (Å²) in [6.07, 6.45) is -0.938. The molecule has 0 unspecified atom stereocenters. The highest BCUT2D eigenvalue weighted by Gasteiger charge is 2.44. The summed E-state index contributed by atoms with van der Waals surface area (Å²) in [5.41, 5.74) is -0.0651. The molecule has 1 aromatic rings. The first-order valence-corrected chi connectivity index (χ1v) is 12.9. The number of hydrogen-bond donors (Lipinski definition) is 2. The van der Waals surface area contributed by atoms with Gasteiger partial charge in [-0.15, -0.1) is 0 Å². The number of rotatable bonds is 6. The summed E-state index contributed by atoms with van der Waals surface area (Å²) in [5, 5.41) is 19.2. The first kappa shape index (κ1) is 29.3. The summed E-state index contributed by atoms with van der Waals surface area (Å²) in [6.45, 7) is 2.22. The molecule has 1 amide bonds. The molecule has 2 aliphatic rings. The number of halogens is 3. The molecule has 11 nitrogen and oxygen atoms in total. The average molecular weight is 537 g/mol. The summed E-state index contributed by atoms with van der Waals surface area (Å²) >= 11 is 0. The van der Waals surface area contributed by atoms with E-state index >= 15 is 0 Å². The molecule has 1 aromatic heterocycles. The molecule has 200 valence electrons. The predicted molar refractivity (Wildman–Crippen MR) is 120 cm³/mol. The van der Waals surface area contributed by atoms with Crippen LogP contribution in [0.15, 0.2) is 18.3 Å². The van der Waals surface area contributed by atoms with Gasteiger partial charge in [-0.1, -0.05) is 0 Å². The van der Waals surface area contributed by atoms with Gasteiger partial charge in [0, 0.05) is 32.0 Å². The number of hydrogen-bond acceptors (Lipinski definition) is 9. The van der Waals surface area contributed by atoms with Crippen molar-refractivity contribution in [2.75, 3.05) is 50.2 Å². The quantitative estimate of drug-likeness (QED) is 0.541. The van der Waals surface area contributed by atoms with E-state index in [4.69, 9.17) is 24.6 Å². The lowest BCUT2D eigenvalue weighted by atomic mass is 10.00. The minimum absolute atomic E-state index is 0.0236. The van der Waals surface area contributed by atoms with Gasteiger partial charge in [0.1, 0.15) is 27.3 Å². The molecule has 0 bridgehead atoms. The van der Waals surface area contributed by atoms with E-state index in [9.17, 15) is 26.4 Å². The van der Waals surface area contributed by atoms with E-state index in [-0.39, 0.29) is 24.2 Å². The molecule has 0 saturated carbocycles. The standard InChI is InChI=1S/C19H26N4O5S.C2HF3O2/c1-29(25,26)9-5-18(24)23-7-8-27-14-19(13-23)6-4-16(28-19)12-22-17-3-2-15(10-20)11-21-17;3-2(4,5)1(6)7/h2-3,11,16H,4-9,12-14H2,1H3,(H,21,22);(H,6,7)/t16-,19-;/m0./s1. The van der Waals surface area contributed by atoms with Crippen molar-refractivity contribution in [2.24, 2.45) is 0 Å². The highest BCUT2D eigenvalue weighted by molar-refractivity contribution is 7.90. The van der Waals surface area contributed by atoms with Crippen LogP contribution < -0.4 is 5.32 Å². The number of sulfone groups is 1. The van der Waals surface area contributed by atoms with E-state index in [0.29, 0.717) is 44.2 Å². The SMILES string of the molecule is CS(=O)(=O)CCC(=O)N1CCOC[C@]2(CC[C@@H](CNc3ccc(C#N)cn3)O2)C1.O=C(O)C(F)(F)F. The maximum absolute atomic E-state index is 12.5. The Balaban J connectivity index is 0.000000572. The maximum atomic E-state index is 12.5. The minimum Gasteiger partial charge on any atom is -0.475 e. The Morgan fingerprint density at radius 2 is 2.08 bits per heavy atom. The first-order valence-electron chi connectivity index (χ1n) is 10.8. The van der Waals surface area contributed by atoms with E-state index in [1.54, 1.807) is 17.0 Å². The molecule has 0 aromatic carbocycles. The number of carbonyl (C=O) groups is 2. The average Bonchev–Trinajstić information content (AvgIpc) is 3.07. The van der Waals surface area contributed by atoms with Crippen molar-refractivity contribution in [3.05, 3.63) is 23.9 Å². The molecular formula is C21H27F3N4O7S. The number of nitrogens with zero attached hydrogens (tertiary/aromatic N) is 3. The molecule has 2 aliphatic heterocycles. The lowest BCUT2D eigenvalue weighted by Crippen LogP contribution is -2.47. The fourth-order valence-electron chi connectivity index (χ4n) is 3.59. The fourth-order valence-corrected chi connectivity index (χ4v) is 4.14. The van der Waals surface area contributed by atoms with Gasteiger partial charge < -0.3 is 24.8 Å². The smallest absolute Gasteiger partial charge is 0.475 e. The van der Waals surface area contributed by atoms with E-state index in [0.717, 1.165) is 19.1 Å². The Kier molecular flexibility index (Phi) is 10.0. The molecule has 3 rings (SSSR count). The number of aliphatic carboxylic acids is 1. The van der Waals surface area contributed by atoms with Crippen molar-refractivity contribution >= 4 is 27.5 Å². The Bertz CT molecular complexity index is 1060. The Labute approximate surface area is 206 Å². The van der Waals surface area contributed by atoms with E-state index in [1.807, 2.05) is 6.07 Å². The minimum atomic E-state index is -5.08. The number of carbonyl (C=O) groups excluding carboxylic acids is 1. The molecule has 15 heteroatoms. The molecule has 0 aliphatic carbocycles. The number of nitrogens with one attached hydrogen (secondary N) is 1. The van der Waals surface area contributed by atoms with Crippen molar-refractivity contribution in [2.45, 2.75) is 37.1 Å². The summed E-state index contributed by atoms with van der Waals surface area (Å²) < 4.78 is 66.4. The number of alkyl halides is 3. The van der Waals surface area contributed by atoms with E-state index in [1.165, 1.54) is 6.20 Å². The van der Waals surface area contributed by atoms with Crippen LogP contribution >= 0.6 is 0 Å². The highest BCUT2D eigenvalue weighted by atomic mass is 32.2. The zero-order valence-electron chi connectivity index (χ0n) is 19.5. The Hall–Kier alpha value is -2.96. The number of nitriles is 1. The number of carboxylic acid groups (broad SMARTS) is 1. The predicted octanol–water partition coefficient (Wildman–Crippen LogP) is 1.21. The second kappa shape index (κ2) is 12.3. The van der Waals surface area contributed by atoms with Crippen LogP contribution in [0.3, 0.4) is 0 Å². The zero-order chi connectivity index (χ0) is 27.0. The van der Waals surface area contributed by atoms with Gasteiger partial charge in [0.05, 0.1) is 37.2 Å². The maximum Gasteiger partial charge on any atom is 0.490 e. The van der Waals surface area contributed by atoms with Crippen LogP contribution in [0, 0.1) is 11.3 Å². The van der Waals surface area contributed by atoms with Crippen LogP contribution in [0.5, 0.6) is 0 Å². The first-order chi connectivity index (χ1) is 16.7. The summed E-state index contributed by atoms with van der Waals surface area (Å²) in [6, 6.07) is 5.48. The Morgan fingerprint density at radius 3 is 2.64 bits per heavy atom. The third kappa shape index (κ3) is 9.59. The van der Waals surface area contributed by atoms with Gasteiger partial charge in [0.15, 0.2) is 0 Å². The zero-order valence-corrected chi connectivity index (χ0v) is 20.3. The molecule has 2 fully saturated rings. The molecular weight excluding hydrogens is 509 g/mol. The number of aromatic nitrogens is 1. The van der Waals surface area contributed by atoms with Crippen LogP contribution in [0.2, 0.25) is 0 Å². The molecule has 2 atom stereocenters. The van der Waals surface area contributed by atoms with Gasteiger partial charge in [-0.05, 0) is 25.0 Å². The lowest BCUT2D eigenvalue weighted by molar-refractivity contribution is -0.192. The van der Waals surface area contributed by atoms with Crippen LogP contribution in [0.1, 0.15) is 24.8 Å². The van der Waals surface area contributed by atoms with Gasteiger partial charge in [-0.3, -0.25) is 4.79 Å². The number of pyridine rings is 1. The topological polar surface area (TPSA) is 159 Å². The van der Waals surface area contributed by atoms with Crippen LogP contribution in [-0.2, 0) is 28.9 Å². The van der Waals surface area contributed by atoms with Gasteiger partial charge in [0.25, 0.3) is 0 Å². The number of amides is 1. The highest BCUT2D eigenvalue weighted by Crippen LogP contribution is 2.33. The summed E-state index contributed by atoms with van der Waals surface area (Å²) in [4.78, 5) is 27.2. The normalized spacial score (nSPS) is 22.2. The molecule has 0 radical (unpaired) electrons. The monoisotopic (exact) mass is 536 g/mol. The van der Waals surface area contributed by atoms with Gasteiger partial charge >= 0.3 is 12.1 Å². The lowest BCUT2D eigenvalue weighted by Gasteiger charge is -2.32. The molecule has 36 heavy (non-hydrogen) atoms. The number of ether oxygens (including phenoxy) is 2. The van der Waals surface area contributed by atoms with Gasteiger partial charge in [-0.25, -0.2) is 18.2 Å². The Morgan fingerprint density at radius 1 is 1.39 bits per heavy atom. The molecule has 2 N–H and O–H groups in total. The molecule has 3 heterocycles. The second-order valence-electron chi connectivity index (χ2n) is 8.44.